The highest BCUT2D eigenvalue weighted by Gasteiger charge is 2.20. The van der Waals surface area contributed by atoms with E-state index in [2.05, 4.69) is 18.7 Å². The van der Waals surface area contributed by atoms with Crippen LogP contribution in [0.25, 0.3) is 5.57 Å². The van der Waals surface area contributed by atoms with Gasteiger partial charge in [-0.1, -0.05) is 18.7 Å². The maximum absolute atomic E-state index is 11.9. The summed E-state index contributed by atoms with van der Waals surface area (Å²) in [5.74, 6) is 0. The van der Waals surface area contributed by atoms with Crippen LogP contribution >= 0.6 is 11.8 Å². The van der Waals surface area contributed by atoms with Crippen molar-refractivity contribution in [2.24, 2.45) is 0 Å². The minimum Gasteiger partial charge on any atom is -0.444 e. The van der Waals surface area contributed by atoms with Crippen LogP contribution in [0, 0.1) is 0 Å². The minimum absolute atomic E-state index is 0.334. The van der Waals surface area contributed by atoms with Crippen molar-refractivity contribution in [3.8, 4) is 0 Å². The van der Waals surface area contributed by atoms with Crippen molar-refractivity contribution in [1.29, 1.82) is 0 Å². The molecule has 0 aromatic heterocycles. The Balaban J connectivity index is 2.67. The van der Waals surface area contributed by atoms with Crippen LogP contribution in [-0.4, -0.2) is 36.4 Å². The van der Waals surface area contributed by atoms with Gasteiger partial charge >= 0.3 is 6.09 Å². The third-order valence-electron chi connectivity index (χ3n) is 2.61. The molecule has 1 aromatic rings. The predicted molar refractivity (Wildman–Crippen MR) is 86.1 cm³/mol. The zero-order valence-corrected chi connectivity index (χ0v) is 13.7. The molecular formula is C16H23NO2S. The van der Waals surface area contributed by atoms with Gasteiger partial charge in [-0.05, 0) is 50.3 Å². The van der Waals surface area contributed by atoms with Gasteiger partial charge in [-0.2, -0.15) is 0 Å². The van der Waals surface area contributed by atoms with Crippen LogP contribution in [0.2, 0.25) is 0 Å². The first-order valence-corrected chi connectivity index (χ1v) is 7.72. The van der Waals surface area contributed by atoms with Gasteiger partial charge < -0.3 is 9.64 Å². The second-order valence-corrected chi connectivity index (χ2v) is 6.55. The Labute approximate surface area is 126 Å². The van der Waals surface area contributed by atoms with Crippen molar-refractivity contribution >= 4 is 23.4 Å². The molecular weight excluding hydrogens is 270 g/mol. The summed E-state index contributed by atoms with van der Waals surface area (Å²) < 4.78 is 5.32. The lowest BCUT2D eigenvalue weighted by molar-refractivity contribution is 0.0321. The second-order valence-electron chi connectivity index (χ2n) is 5.67. The fraction of sp³-hybridized carbons (Fsp3) is 0.438. The van der Waals surface area contributed by atoms with E-state index in [9.17, 15) is 4.79 Å². The molecule has 110 valence electrons. The molecule has 0 aliphatic heterocycles. The number of hydrogen-bond acceptors (Lipinski definition) is 3. The highest BCUT2D eigenvalue weighted by atomic mass is 32.2. The van der Waals surface area contributed by atoms with Gasteiger partial charge in [0, 0.05) is 18.5 Å². The first-order valence-electron chi connectivity index (χ1n) is 6.49. The molecule has 0 saturated carbocycles. The zero-order chi connectivity index (χ0) is 15.3. The van der Waals surface area contributed by atoms with Crippen molar-refractivity contribution < 1.29 is 9.53 Å². The number of carbonyl (C=O) groups is 1. The topological polar surface area (TPSA) is 29.5 Å². The predicted octanol–water partition coefficient (Wildman–Crippen LogP) is 4.29. The first-order chi connectivity index (χ1) is 9.23. The van der Waals surface area contributed by atoms with Crippen LogP contribution in [0.1, 0.15) is 26.3 Å². The zero-order valence-electron chi connectivity index (χ0n) is 12.9. The molecule has 0 aliphatic rings. The van der Waals surface area contributed by atoms with Gasteiger partial charge in [0.05, 0.1) is 0 Å². The van der Waals surface area contributed by atoms with Gasteiger partial charge in [0.2, 0.25) is 0 Å². The van der Waals surface area contributed by atoms with Crippen molar-refractivity contribution in [2.45, 2.75) is 31.3 Å². The number of thioether (sulfide) groups is 1. The largest absolute Gasteiger partial charge is 0.444 e. The van der Waals surface area contributed by atoms with Crippen molar-refractivity contribution in [3.63, 3.8) is 0 Å². The van der Waals surface area contributed by atoms with Gasteiger partial charge in [-0.25, -0.2) is 4.79 Å². The summed E-state index contributed by atoms with van der Waals surface area (Å²) in [6, 6.07) is 8.14. The summed E-state index contributed by atoms with van der Waals surface area (Å²) in [5.41, 5.74) is 1.47. The number of hydrogen-bond donors (Lipinski definition) is 0. The van der Waals surface area contributed by atoms with Crippen LogP contribution in [0.15, 0.2) is 35.7 Å². The Morgan fingerprint density at radius 2 is 2.05 bits per heavy atom. The number of benzene rings is 1. The van der Waals surface area contributed by atoms with E-state index < -0.39 is 5.60 Å². The van der Waals surface area contributed by atoms with Crippen molar-refractivity contribution in [1.82, 2.24) is 4.90 Å². The summed E-state index contributed by atoms with van der Waals surface area (Å²) in [5, 5.41) is 0. The van der Waals surface area contributed by atoms with E-state index in [0.717, 1.165) is 11.1 Å². The molecule has 3 nitrogen and oxygen atoms in total. The summed E-state index contributed by atoms with van der Waals surface area (Å²) in [7, 11) is 1.72. The number of rotatable bonds is 4. The molecule has 0 atom stereocenters. The average molecular weight is 293 g/mol. The minimum atomic E-state index is -0.481. The Morgan fingerprint density at radius 1 is 1.40 bits per heavy atom. The van der Waals surface area contributed by atoms with E-state index in [4.69, 9.17) is 4.74 Å². The quantitative estimate of drug-likeness (QED) is 0.776. The van der Waals surface area contributed by atoms with Crippen LogP contribution in [0.3, 0.4) is 0 Å². The molecule has 1 aromatic carbocycles. The van der Waals surface area contributed by atoms with Gasteiger partial charge in [-0.3, -0.25) is 0 Å². The van der Waals surface area contributed by atoms with Crippen LogP contribution in [-0.2, 0) is 4.74 Å². The first kappa shape index (κ1) is 16.6. The van der Waals surface area contributed by atoms with E-state index in [1.165, 1.54) is 4.90 Å². The van der Waals surface area contributed by atoms with Gasteiger partial charge in [0.25, 0.3) is 0 Å². The summed E-state index contributed by atoms with van der Waals surface area (Å²) in [6.45, 7) is 10.1. The number of nitrogens with zero attached hydrogens (tertiary/aromatic N) is 1. The Bertz CT molecular complexity index is 491. The fourth-order valence-electron chi connectivity index (χ4n) is 1.62. The van der Waals surface area contributed by atoms with Crippen molar-refractivity contribution in [3.05, 3.63) is 36.4 Å². The lowest BCUT2D eigenvalue weighted by atomic mass is 10.1. The number of ether oxygens (including phenoxy) is 1. The normalized spacial score (nSPS) is 11.1. The van der Waals surface area contributed by atoms with E-state index in [1.54, 1.807) is 23.7 Å². The van der Waals surface area contributed by atoms with Gasteiger partial charge in [-0.15, -0.1) is 11.8 Å². The van der Waals surface area contributed by atoms with Crippen molar-refractivity contribution in [2.75, 3.05) is 19.8 Å². The van der Waals surface area contributed by atoms with Crippen LogP contribution in [0.5, 0.6) is 0 Å². The smallest absolute Gasteiger partial charge is 0.410 e. The number of likely N-dealkylation sites (N-methyl/N-ethyl adjacent to an activating group) is 1. The van der Waals surface area contributed by atoms with E-state index in [-0.39, 0.29) is 6.09 Å². The fourth-order valence-corrected chi connectivity index (χ4v) is 2.08. The molecule has 0 fully saturated rings. The molecule has 0 saturated heterocycles. The lowest BCUT2D eigenvalue weighted by Gasteiger charge is -2.25. The molecule has 0 spiro atoms. The molecule has 1 rings (SSSR count). The molecule has 4 heteroatoms. The summed E-state index contributed by atoms with van der Waals surface area (Å²) in [6.07, 6.45) is 1.70. The van der Waals surface area contributed by atoms with Crippen LogP contribution in [0.4, 0.5) is 4.79 Å². The summed E-state index contributed by atoms with van der Waals surface area (Å²) in [4.78, 5) is 14.6. The van der Waals surface area contributed by atoms with E-state index in [0.29, 0.717) is 6.54 Å². The second kappa shape index (κ2) is 6.84. The maximum atomic E-state index is 11.9. The maximum Gasteiger partial charge on any atom is 0.410 e. The molecule has 0 bridgehead atoms. The third-order valence-corrected chi connectivity index (χ3v) is 3.34. The Kier molecular flexibility index (Phi) is 5.69. The van der Waals surface area contributed by atoms with E-state index >= 15 is 0 Å². The van der Waals surface area contributed by atoms with Gasteiger partial charge in [0.1, 0.15) is 5.60 Å². The summed E-state index contributed by atoms with van der Waals surface area (Å²) >= 11 is 1.69. The van der Waals surface area contributed by atoms with E-state index in [1.807, 2.05) is 39.2 Å². The monoisotopic (exact) mass is 293 g/mol. The molecule has 0 radical (unpaired) electrons. The third kappa shape index (κ3) is 5.29. The number of carbonyl (C=O) groups excluding carboxylic acids is 1. The average Bonchev–Trinajstić information content (AvgIpc) is 2.36. The SMILES string of the molecule is C=C(CN(C)C(=O)OC(C)(C)C)c1cccc(SC)c1. The lowest BCUT2D eigenvalue weighted by Crippen LogP contribution is -2.35. The molecule has 20 heavy (non-hydrogen) atoms. The Hall–Kier alpha value is -1.42. The molecule has 0 N–H and O–H groups in total. The van der Waals surface area contributed by atoms with Gasteiger partial charge in [0.15, 0.2) is 0 Å². The molecule has 0 heterocycles. The number of amides is 1. The Morgan fingerprint density at radius 3 is 2.60 bits per heavy atom. The highest BCUT2D eigenvalue weighted by molar-refractivity contribution is 7.98. The molecule has 0 aliphatic carbocycles. The highest BCUT2D eigenvalue weighted by Crippen LogP contribution is 2.21. The van der Waals surface area contributed by atoms with Crippen LogP contribution < -0.4 is 0 Å². The molecule has 1 amide bonds. The molecule has 0 unspecified atom stereocenters. The standard InChI is InChI=1S/C16H23NO2S/c1-12(13-8-7-9-14(10-13)20-6)11-17(5)15(18)19-16(2,3)4/h7-10H,1,11H2,2-6H3.